The molecule has 11 aromatic rings. The second kappa shape index (κ2) is 14.0. The average molecular weight is 863 g/mol. The highest BCUT2D eigenvalue weighted by molar-refractivity contribution is 7.25. The summed E-state index contributed by atoms with van der Waals surface area (Å²) in [5.74, 6) is 3.83. The Morgan fingerprint density at radius 3 is 1.73 bits per heavy atom. The van der Waals surface area contributed by atoms with E-state index in [9.17, 15) is 0 Å². The van der Waals surface area contributed by atoms with Gasteiger partial charge in [-0.1, -0.05) is 133 Å². The number of benzene rings is 9. The molecule has 0 aliphatic heterocycles. The van der Waals surface area contributed by atoms with E-state index < -0.39 is 0 Å². The molecule has 5 aliphatic rings. The lowest BCUT2D eigenvalue weighted by atomic mass is 9.45. The minimum Gasteiger partial charge on any atom is -0.228 e. The third-order valence-electron chi connectivity index (χ3n) is 16.5. The van der Waals surface area contributed by atoms with Crippen molar-refractivity contribution in [2.24, 2.45) is 23.2 Å². The summed E-state index contributed by atoms with van der Waals surface area (Å²) in [6.45, 7) is 0. The molecule has 5 aliphatic carbocycles. The number of rotatable bonds is 5. The quantitative estimate of drug-likeness (QED) is 0.161. The van der Waals surface area contributed by atoms with Crippen LogP contribution in [0.3, 0.4) is 0 Å². The fraction of sp³-hybridized carbons (Fsp3) is 0.175. The fourth-order valence-corrected chi connectivity index (χ4v) is 15.2. The second-order valence-corrected chi connectivity index (χ2v) is 21.5. The lowest BCUT2D eigenvalue weighted by molar-refractivity contribution is -0.0612. The summed E-state index contributed by atoms with van der Waals surface area (Å²) in [4.78, 5) is 10.8. The van der Waals surface area contributed by atoms with Gasteiger partial charge in [-0.05, 0) is 176 Å². The SMILES string of the molecule is c1ccc(-c2cc(-c3ccc4c(ccc5ccccc54)c3)nc(-c3ccc4c(c3)-c3cc(-c5ccc6sc7cc8ccccc8cc7c6c5)ccc3C4C34CC5CC(CC(C5)C3)C4)n2)cc1. The molecule has 0 saturated heterocycles. The summed E-state index contributed by atoms with van der Waals surface area (Å²) in [7, 11) is 0. The van der Waals surface area contributed by atoms with Crippen molar-refractivity contribution in [2.45, 2.75) is 44.4 Å². The Balaban J connectivity index is 0.895. The molecule has 2 aromatic heterocycles. The molecule has 4 saturated carbocycles. The molecule has 0 spiro atoms. The minimum absolute atomic E-state index is 0.327. The number of nitrogens with zero attached hydrogens (tertiary/aromatic N) is 2. The van der Waals surface area contributed by atoms with Gasteiger partial charge in [0.25, 0.3) is 0 Å². The van der Waals surface area contributed by atoms with E-state index in [1.165, 1.54) is 124 Å². The molecule has 1 unspecified atom stereocenters. The van der Waals surface area contributed by atoms with Gasteiger partial charge < -0.3 is 0 Å². The number of fused-ring (bicyclic) bond motifs is 10. The highest BCUT2D eigenvalue weighted by atomic mass is 32.1. The van der Waals surface area contributed by atoms with Crippen LogP contribution in [0.25, 0.3) is 109 Å². The van der Waals surface area contributed by atoms with E-state index in [0.29, 0.717) is 11.3 Å². The number of thiophene rings is 1. The molecule has 0 amide bonds. The first-order valence-corrected chi connectivity index (χ1v) is 24.9. The minimum atomic E-state index is 0.327. The molecule has 4 bridgehead atoms. The molecule has 2 heterocycles. The van der Waals surface area contributed by atoms with Crippen LogP contribution in [0.15, 0.2) is 182 Å². The molecule has 3 heteroatoms. The monoisotopic (exact) mass is 862 g/mol. The lowest BCUT2D eigenvalue weighted by Gasteiger charge is -2.59. The van der Waals surface area contributed by atoms with Crippen LogP contribution in [0.2, 0.25) is 0 Å². The fourth-order valence-electron chi connectivity index (χ4n) is 14.1. The van der Waals surface area contributed by atoms with Gasteiger partial charge in [0.1, 0.15) is 0 Å². The first kappa shape index (κ1) is 37.3. The molecule has 4 fully saturated rings. The normalized spacial score (nSPS) is 21.6. The van der Waals surface area contributed by atoms with E-state index in [-0.39, 0.29) is 0 Å². The number of hydrogen-bond donors (Lipinski definition) is 0. The van der Waals surface area contributed by atoms with Gasteiger partial charge in [-0.2, -0.15) is 0 Å². The summed E-state index contributed by atoms with van der Waals surface area (Å²) in [6, 6.07) is 68.2. The van der Waals surface area contributed by atoms with Crippen molar-refractivity contribution >= 4 is 63.8 Å². The van der Waals surface area contributed by atoms with Crippen molar-refractivity contribution < 1.29 is 0 Å². The predicted molar refractivity (Wildman–Crippen MR) is 277 cm³/mol. The van der Waals surface area contributed by atoms with Crippen molar-refractivity contribution in [2.75, 3.05) is 0 Å². The van der Waals surface area contributed by atoms with E-state index in [2.05, 4.69) is 182 Å². The zero-order valence-electron chi connectivity index (χ0n) is 36.7. The van der Waals surface area contributed by atoms with Crippen LogP contribution >= 0.6 is 11.3 Å². The largest absolute Gasteiger partial charge is 0.228 e. The summed E-state index contributed by atoms with van der Waals surface area (Å²) in [6.07, 6.45) is 8.46. The summed E-state index contributed by atoms with van der Waals surface area (Å²) < 4.78 is 2.70. The Bertz CT molecular complexity index is 3790. The van der Waals surface area contributed by atoms with Gasteiger partial charge in [0.2, 0.25) is 0 Å². The molecular weight excluding hydrogens is 817 g/mol. The van der Waals surface area contributed by atoms with Crippen molar-refractivity contribution in [3.8, 4) is 56.2 Å². The van der Waals surface area contributed by atoms with E-state index in [1.54, 1.807) is 0 Å². The summed E-state index contributed by atoms with van der Waals surface area (Å²) >= 11 is 1.91. The van der Waals surface area contributed by atoms with Gasteiger partial charge in [-0.3, -0.25) is 0 Å². The van der Waals surface area contributed by atoms with Gasteiger partial charge in [0.15, 0.2) is 5.82 Å². The van der Waals surface area contributed by atoms with Crippen molar-refractivity contribution in [1.82, 2.24) is 9.97 Å². The Morgan fingerprint density at radius 1 is 0.379 bits per heavy atom. The van der Waals surface area contributed by atoms with Crippen molar-refractivity contribution in [3.63, 3.8) is 0 Å². The van der Waals surface area contributed by atoms with Gasteiger partial charge in [0, 0.05) is 42.8 Å². The van der Waals surface area contributed by atoms with Gasteiger partial charge in [-0.15, -0.1) is 11.3 Å². The van der Waals surface area contributed by atoms with Crippen LogP contribution in [-0.2, 0) is 0 Å². The molecule has 2 nitrogen and oxygen atoms in total. The maximum absolute atomic E-state index is 5.45. The molecule has 16 rings (SSSR count). The van der Waals surface area contributed by atoms with Gasteiger partial charge in [0.05, 0.1) is 11.4 Å². The molecule has 0 N–H and O–H groups in total. The first-order valence-electron chi connectivity index (χ1n) is 24.1. The van der Waals surface area contributed by atoms with E-state index in [4.69, 9.17) is 9.97 Å². The standard InChI is InChI=1S/C63H46N2S/c1-2-9-41(10-3-1)57-33-58(47-17-20-50-46(27-47)15-14-40-8-6-7-13-49(40)50)65-62(64-57)48-18-22-52-54(31-48)53-28-44(16-21-51(53)61(52)63-34-37-24-38(35-63)26-39(25-37)36-63)45-19-23-59-55(30-45)56-29-42-11-4-5-12-43(42)32-60(56)66-59/h1-23,27-33,37-39,61H,24-26,34-36H2. The summed E-state index contributed by atoms with van der Waals surface area (Å²) in [5, 5.41) is 10.3. The van der Waals surface area contributed by atoms with Crippen LogP contribution in [0.4, 0.5) is 0 Å². The second-order valence-electron chi connectivity index (χ2n) is 20.4. The van der Waals surface area contributed by atoms with Crippen LogP contribution < -0.4 is 0 Å². The highest BCUT2D eigenvalue weighted by Crippen LogP contribution is 2.68. The maximum atomic E-state index is 5.45. The lowest BCUT2D eigenvalue weighted by Crippen LogP contribution is -2.48. The molecule has 9 aromatic carbocycles. The van der Waals surface area contributed by atoms with E-state index in [0.717, 1.165) is 51.7 Å². The van der Waals surface area contributed by atoms with Crippen LogP contribution in [-0.4, -0.2) is 9.97 Å². The number of hydrogen-bond acceptors (Lipinski definition) is 3. The highest BCUT2D eigenvalue weighted by Gasteiger charge is 2.56. The third-order valence-corrected chi connectivity index (χ3v) is 17.6. The molecular formula is C63H46N2S. The Morgan fingerprint density at radius 2 is 0.955 bits per heavy atom. The zero-order valence-corrected chi connectivity index (χ0v) is 37.5. The smallest absolute Gasteiger partial charge is 0.160 e. The molecule has 66 heavy (non-hydrogen) atoms. The maximum Gasteiger partial charge on any atom is 0.160 e. The van der Waals surface area contributed by atoms with E-state index in [1.807, 2.05) is 11.3 Å². The van der Waals surface area contributed by atoms with Crippen LogP contribution in [0.1, 0.15) is 55.6 Å². The topological polar surface area (TPSA) is 25.8 Å². The first-order chi connectivity index (χ1) is 32.6. The van der Waals surface area contributed by atoms with Gasteiger partial charge >= 0.3 is 0 Å². The molecule has 0 radical (unpaired) electrons. The van der Waals surface area contributed by atoms with Crippen LogP contribution in [0.5, 0.6) is 0 Å². The Hall–Kier alpha value is -6.94. The van der Waals surface area contributed by atoms with Crippen molar-refractivity contribution in [1.29, 1.82) is 0 Å². The van der Waals surface area contributed by atoms with Crippen molar-refractivity contribution in [3.05, 3.63) is 193 Å². The molecule has 314 valence electrons. The zero-order chi connectivity index (χ0) is 43.1. The third kappa shape index (κ3) is 5.72. The Kier molecular flexibility index (Phi) is 7.93. The van der Waals surface area contributed by atoms with Crippen LogP contribution in [0, 0.1) is 23.2 Å². The number of aromatic nitrogens is 2. The average Bonchev–Trinajstić information content (AvgIpc) is 3.89. The Labute approximate surface area is 388 Å². The predicted octanol–water partition coefficient (Wildman–Crippen LogP) is 17.3. The van der Waals surface area contributed by atoms with E-state index >= 15 is 0 Å². The van der Waals surface area contributed by atoms with Gasteiger partial charge in [-0.25, -0.2) is 9.97 Å². The molecule has 1 atom stereocenters. The summed E-state index contributed by atoms with van der Waals surface area (Å²) in [5.41, 5.74) is 13.8.